The number of nitrogens with zero attached hydrogens (tertiary/aromatic N) is 2. The van der Waals surface area contributed by atoms with Crippen LogP contribution in [0.25, 0.3) is 0 Å². The number of hydrogen-bond acceptors (Lipinski definition) is 3. The summed E-state index contributed by atoms with van der Waals surface area (Å²) in [6.07, 6.45) is 0.296. The van der Waals surface area contributed by atoms with Gasteiger partial charge in [0.05, 0.1) is 5.56 Å². The van der Waals surface area contributed by atoms with Crippen LogP contribution in [-0.2, 0) is 4.79 Å². The highest BCUT2D eigenvalue weighted by molar-refractivity contribution is 5.90. The summed E-state index contributed by atoms with van der Waals surface area (Å²) in [5.74, 6) is 4.94. The minimum Gasteiger partial charge on any atom is -0.369 e. The molecule has 1 fully saturated rings. The number of carbonyl (C=O) groups excluding carboxylic acids is 1. The highest BCUT2D eigenvalue weighted by Crippen LogP contribution is 2.21. The van der Waals surface area contributed by atoms with Gasteiger partial charge in [0.15, 0.2) is 0 Å². The van der Waals surface area contributed by atoms with Gasteiger partial charge in [-0.25, -0.2) is 0 Å². The minimum absolute atomic E-state index is 0.296. The van der Waals surface area contributed by atoms with Gasteiger partial charge in [-0.05, 0) is 12.1 Å². The van der Waals surface area contributed by atoms with Crippen molar-refractivity contribution in [2.45, 2.75) is 12.0 Å². The van der Waals surface area contributed by atoms with Crippen molar-refractivity contribution >= 4 is 5.91 Å². The molecule has 1 heterocycles. The predicted molar refractivity (Wildman–Crippen MR) is 65.2 cm³/mol. The van der Waals surface area contributed by atoms with Crippen LogP contribution in [0.5, 0.6) is 0 Å². The van der Waals surface area contributed by atoms with Crippen LogP contribution >= 0.6 is 0 Å². The number of hydrogen-bond donors (Lipinski definition) is 1. The first-order valence-electron chi connectivity index (χ1n) is 5.57. The second-order valence-electron chi connectivity index (χ2n) is 4.24. The highest BCUT2D eigenvalue weighted by atomic mass is 16.3. The van der Waals surface area contributed by atoms with Gasteiger partial charge < -0.3 is 10.0 Å². The molecule has 0 bridgehead atoms. The van der Waals surface area contributed by atoms with Crippen LogP contribution in [0.2, 0.25) is 0 Å². The zero-order chi connectivity index (χ0) is 13.2. The van der Waals surface area contributed by atoms with Gasteiger partial charge in [0.1, 0.15) is 6.07 Å². The molecule has 0 unspecified atom stereocenters. The molecular weight excluding hydrogens is 228 g/mol. The SMILES string of the molecule is CN1CC[C@@](O)(C#Cc2ccccc2C#N)C1=O. The van der Waals surface area contributed by atoms with Gasteiger partial charge in [-0.2, -0.15) is 5.26 Å². The molecular formula is C14H12N2O2. The number of aliphatic hydroxyl groups is 1. The third-order valence-corrected chi connectivity index (χ3v) is 2.96. The Kier molecular flexibility index (Phi) is 3.06. The van der Waals surface area contributed by atoms with Crippen molar-refractivity contribution in [3.05, 3.63) is 35.4 Å². The maximum absolute atomic E-state index is 11.7. The van der Waals surface area contributed by atoms with Gasteiger partial charge in [-0.3, -0.25) is 4.79 Å². The highest BCUT2D eigenvalue weighted by Gasteiger charge is 2.42. The van der Waals surface area contributed by atoms with Crippen molar-refractivity contribution < 1.29 is 9.90 Å². The lowest BCUT2D eigenvalue weighted by Crippen LogP contribution is -2.37. The van der Waals surface area contributed by atoms with E-state index in [0.29, 0.717) is 24.1 Å². The van der Waals surface area contributed by atoms with Gasteiger partial charge in [0.2, 0.25) is 5.60 Å². The molecule has 90 valence electrons. The van der Waals surface area contributed by atoms with E-state index in [-0.39, 0.29) is 5.91 Å². The van der Waals surface area contributed by atoms with E-state index in [2.05, 4.69) is 11.8 Å². The van der Waals surface area contributed by atoms with E-state index in [1.54, 1.807) is 31.3 Å². The summed E-state index contributed by atoms with van der Waals surface area (Å²) < 4.78 is 0. The fourth-order valence-electron chi connectivity index (χ4n) is 1.83. The third kappa shape index (κ3) is 2.07. The van der Waals surface area contributed by atoms with Crippen molar-refractivity contribution in [1.29, 1.82) is 5.26 Å². The van der Waals surface area contributed by atoms with Gasteiger partial charge >= 0.3 is 0 Å². The third-order valence-electron chi connectivity index (χ3n) is 2.96. The number of amides is 1. The van der Waals surface area contributed by atoms with E-state index in [1.807, 2.05) is 6.07 Å². The van der Waals surface area contributed by atoms with E-state index >= 15 is 0 Å². The Bertz CT molecular complexity index is 592. The molecule has 2 rings (SSSR count). The topological polar surface area (TPSA) is 64.3 Å². The van der Waals surface area contributed by atoms with Crippen LogP contribution in [0, 0.1) is 23.2 Å². The standard InChI is InChI=1S/C14H12N2O2/c1-16-9-8-14(18,13(16)17)7-6-11-4-2-3-5-12(11)10-15/h2-5,18H,8-9H2,1H3/t14-/m0/s1. The maximum atomic E-state index is 11.7. The van der Waals surface area contributed by atoms with Crippen molar-refractivity contribution in [2.24, 2.45) is 0 Å². The second kappa shape index (κ2) is 4.52. The molecule has 4 nitrogen and oxygen atoms in total. The summed E-state index contributed by atoms with van der Waals surface area (Å²) in [4.78, 5) is 13.2. The molecule has 0 spiro atoms. The van der Waals surface area contributed by atoms with Crippen molar-refractivity contribution in [3.8, 4) is 17.9 Å². The van der Waals surface area contributed by atoms with Crippen LogP contribution in [-0.4, -0.2) is 35.1 Å². The van der Waals surface area contributed by atoms with Crippen LogP contribution < -0.4 is 0 Å². The lowest BCUT2D eigenvalue weighted by atomic mass is 10.0. The fourth-order valence-corrected chi connectivity index (χ4v) is 1.83. The van der Waals surface area contributed by atoms with Gasteiger partial charge in [0.25, 0.3) is 5.91 Å². The van der Waals surface area contributed by atoms with Gasteiger partial charge in [-0.1, -0.05) is 24.0 Å². The lowest BCUT2D eigenvalue weighted by molar-refractivity contribution is -0.137. The Balaban J connectivity index is 2.33. The summed E-state index contributed by atoms with van der Waals surface area (Å²) in [5, 5.41) is 19.0. The Morgan fingerprint density at radius 3 is 2.61 bits per heavy atom. The number of carbonyl (C=O) groups is 1. The number of nitriles is 1. The number of rotatable bonds is 0. The van der Waals surface area contributed by atoms with E-state index in [1.165, 1.54) is 4.90 Å². The average Bonchev–Trinajstić information content (AvgIpc) is 2.65. The first-order valence-corrected chi connectivity index (χ1v) is 5.57. The van der Waals surface area contributed by atoms with E-state index in [9.17, 15) is 9.90 Å². The molecule has 1 N–H and O–H groups in total. The fraction of sp³-hybridized carbons (Fsp3) is 0.286. The second-order valence-corrected chi connectivity index (χ2v) is 4.24. The van der Waals surface area contributed by atoms with E-state index in [0.717, 1.165) is 0 Å². The van der Waals surface area contributed by atoms with Crippen LogP contribution in [0.3, 0.4) is 0 Å². The zero-order valence-corrected chi connectivity index (χ0v) is 9.97. The Hall–Kier alpha value is -2.30. The van der Waals surface area contributed by atoms with Crippen molar-refractivity contribution in [3.63, 3.8) is 0 Å². The summed E-state index contributed by atoms with van der Waals surface area (Å²) in [6.45, 7) is 0.490. The first kappa shape index (κ1) is 12.2. The number of likely N-dealkylation sites (N-methyl/N-ethyl adjacent to an activating group) is 1. The van der Waals surface area contributed by atoms with E-state index in [4.69, 9.17) is 5.26 Å². The summed E-state index contributed by atoms with van der Waals surface area (Å²) >= 11 is 0. The largest absolute Gasteiger partial charge is 0.369 e. The smallest absolute Gasteiger partial charge is 0.267 e. The zero-order valence-electron chi connectivity index (χ0n) is 9.97. The normalized spacial score (nSPS) is 22.3. The molecule has 1 aliphatic rings. The monoisotopic (exact) mass is 240 g/mol. The Labute approximate surface area is 105 Å². The number of benzene rings is 1. The van der Waals surface area contributed by atoms with Crippen molar-refractivity contribution in [1.82, 2.24) is 4.90 Å². The molecule has 1 aliphatic heterocycles. The molecule has 1 atom stereocenters. The molecule has 0 aliphatic carbocycles. The summed E-state index contributed by atoms with van der Waals surface area (Å²) in [7, 11) is 1.63. The van der Waals surface area contributed by atoms with Crippen LogP contribution in [0.4, 0.5) is 0 Å². The molecule has 4 heteroatoms. The van der Waals surface area contributed by atoms with Crippen molar-refractivity contribution in [2.75, 3.05) is 13.6 Å². The van der Waals surface area contributed by atoms with Crippen LogP contribution in [0.15, 0.2) is 24.3 Å². The molecule has 1 saturated heterocycles. The molecule has 1 aromatic rings. The lowest BCUT2D eigenvalue weighted by Gasteiger charge is -2.13. The molecule has 0 saturated carbocycles. The molecule has 0 aromatic heterocycles. The average molecular weight is 240 g/mol. The molecule has 0 radical (unpaired) electrons. The quantitative estimate of drug-likeness (QED) is 0.672. The first-order chi connectivity index (χ1) is 8.57. The Morgan fingerprint density at radius 1 is 1.39 bits per heavy atom. The minimum atomic E-state index is -1.61. The molecule has 1 amide bonds. The maximum Gasteiger partial charge on any atom is 0.267 e. The summed E-state index contributed by atoms with van der Waals surface area (Å²) in [6, 6.07) is 8.87. The summed E-state index contributed by atoms with van der Waals surface area (Å²) in [5.41, 5.74) is -0.652. The van der Waals surface area contributed by atoms with Crippen LogP contribution in [0.1, 0.15) is 17.5 Å². The number of likely N-dealkylation sites (tertiary alicyclic amines) is 1. The van der Waals surface area contributed by atoms with Gasteiger partial charge in [-0.15, -0.1) is 0 Å². The van der Waals surface area contributed by atoms with Gasteiger partial charge in [0, 0.05) is 25.6 Å². The molecule has 18 heavy (non-hydrogen) atoms. The predicted octanol–water partition coefficient (Wildman–Crippen LogP) is 0.503. The Morgan fingerprint density at radius 2 is 2.06 bits per heavy atom. The van der Waals surface area contributed by atoms with E-state index < -0.39 is 5.60 Å². The molecule has 1 aromatic carbocycles.